The van der Waals surface area contributed by atoms with Crippen molar-refractivity contribution in [2.75, 3.05) is 66.8 Å². The molecule has 4 N–H and O–H groups in total. The molecule has 11 rings (SSSR count). The fraction of sp³-hybridized carbons (Fsp3) is 0.462. The molecule has 0 aliphatic carbocycles. The van der Waals surface area contributed by atoms with Gasteiger partial charge in [-0.25, -0.2) is 4.39 Å². The summed E-state index contributed by atoms with van der Waals surface area (Å²) in [5.74, 6) is -1.25. The summed E-state index contributed by atoms with van der Waals surface area (Å²) in [6, 6.07) is 21.7. The van der Waals surface area contributed by atoms with Crippen LogP contribution in [0.2, 0.25) is 10.0 Å². The number of imide groups is 1. The molecule has 0 bridgehead atoms. The van der Waals surface area contributed by atoms with Crippen molar-refractivity contribution in [3.05, 3.63) is 111 Å². The zero-order chi connectivity index (χ0) is 47.4. The van der Waals surface area contributed by atoms with Gasteiger partial charge in [-0.2, -0.15) is 0 Å². The SMILES string of the molecule is COc1cc(N2CCC3CN(C4CN(c5cccc6c5CN(C5CCC(=O)NC5=O)C6=O)C4)CC32)ccc1NC(=O)[C@@H]1N[C@@H](CC(C)(C)C)[C@@]2(CNc3cc(Cl)ccc32)[C@H]1c1cccc(Cl)c1F. The number of hydrogen-bond acceptors (Lipinski definition) is 10. The molecule has 68 heavy (non-hydrogen) atoms. The molecule has 1 spiro atoms. The van der Waals surface area contributed by atoms with Gasteiger partial charge in [0.25, 0.3) is 5.91 Å². The number of hydrogen-bond donors (Lipinski definition) is 4. The lowest BCUT2D eigenvalue weighted by molar-refractivity contribution is -0.137. The summed E-state index contributed by atoms with van der Waals surface area (Å²) in [6.07, 6.45) is 2.35. The molecule has 0 aromatic heterocycles. The van der Waals surface area contributed by atoms with Crippen molar-refractivity contribution in [3.8, 4) is 5.75 Å². The molecule has 0 radical (unpaired) electrons. The summed E-state index contributed by atoms with van der Waals surface area (Å²) in [5.41, 5.74) is 5.60. The minimum Gasteiger partial charge on any atom is -0.494 e. The first-order valence-corrected chi connectivity index (χ1v) is 24.6. The van der Waals surface area contributed by atoms with E-state index in [0.29, 0.717) is 65.1 Å². The summed E-state index contributed by atoms with van der Waals surface area (Å²) in [6.45, 7) is 11.9. The van der Waals surface area contributed by atoms with Gasteiger partial charge >= 0.3 is 0 Å². The van der Waals surface area contributed by atoms with Gasteiger partial charge < -0.3 is 35.4 Å². The van der Waals surface area contributed by atoms with E-state index in [4.69, 9.17) is 27.9 Å². The third-order valence-electron chi connectivity index (χ3n) is 16.0. The fourth-order valence-corrected chi connectivity index (χ4v) is 13.2. The van der Waals surface area contributed by atoms with Crippen molar-refractivity contribution in [2.24, 2.45) is 11.3 Å². The maximum absolute atomic E-state index is 16.4. The van der Waals surface area contributed by atoms with Crippen LogP contribution in [0.5, 0.6) is 5.75 Å². The lowest BCUT2D eigenvalue weighted by Crippen LogP contribution is -2.59. The highest BCUT2D eigenvalue weighted by molar-refractivity contribution is 6.31. The number of likely N-dealkylation sites (tertiary alicyclic amines) is 1. The van der Waals surface area contributed by atoms with E-state index in [9.17, 15) is 19.2 Å². The van der Waals surface area contributed by atoms with Gasteiger partial charge in [0.05, 0.1) is 23.9 Å². The number of rotatable bonds is 9. The van der Waals surface area contributed by atoms with Crippen LogP contribution in [0.1, 0.15) is 79.4 Å². The molecule has 3 unspecified atom stereocenters. The first-order valence-electron chi connectivity index (χ1n) is 23.9. The standard InChI is InChI=1S/C52H57Cl2FN8O5/c1-51(2,3)21-43-52(27-56-38-19-29(53)11-13-35(38)52)45(33-8-5-9-36(54)46(33)55)47(58-43)49(66)57-37-14-12-30(20-42(37)68-4)62-18-17-28-22-60(26-41(28)62)31-23-61(24-31)39-10-6-7-32-34(39)25-63(50(32)67)40-15-16-44(64)59-48(40)65/h5-14,19-20,28,31,40-41,43,45,47,56,58H,15-18,21-27H2,1-4H3,(H,57,66)(H,59,64,65)/t28?,40?,41?,43-,45-,47+,52-/m0/s1. The Morgan fingerprint density at radius 3 is 2.54 bits per heavy atom. The molecule has 16 heteroatoms. The Kier molecular flexibility index (Phi) is 11.2. The van der Waals surface area contributed by atoms with Crippen molar-refractivity contribution in [3.63, 3.8) is 0 Å². The lowest BCUT2D eigenvalue weighted by Gasteiger charge is -2.46. The van der Waals surface area contributed by atoms with E-state index in [2.05, 4.69) is 68.9 Å². The van der Waals surface area contributed by atoms with Crippen LogP contribution in [-0.4, -0.2) is 110 Å². The number of nitrogens with zero attached hydrogens (tertiary/aromatic N) is 4. The van der Waals surface area contributed by atoms with Crippen LogP contribution in [0.4, 0.5) is 27.1 Å². The van der Waals surface area contributed by atoms with Crippen LogP contribution in [-0.2, 0) is 26.3 Å². The third kappa shape index (κ3) is 7.48. The number of anilines is 4. The number of fused-ring (bicyclic) bond motifs is 4. The maximum Gasteiger partial charge on any atom is 0.255 e. The molecular weight excluding hydrogens is 907 g/mol. The number of methoxy groups -OCH3 is 1. The Morgan fingerprint density at radius 1 is 0.956 bits per heavy atom. The molecule has 4 aromatic carbocycles. The minimum absolute atomic E-state index is 0.00946. The maximum atomic E-state index is 16.4. The molecule has 5 saturated heterocycles. The van der Waals surface area contributed by atoms with Crippen LogP contribution >= 0.6 is 23.2 Å². The molecule has 7 heterocycles. The highest BCUT2D eigenvalue weighted by Gasteiger charge is 2.62. The first-order chi connectivity index (χ1) is 32.6. The zero-order valence-electron chi connectivity index (χ0n) is 38.7. The molecule has 7 aliphatic rings. The molecule has 4 aromatic rings. The molecule has 5 fully saturated rings. The normalized spacial score (nSPS) is 27.9. The van der Waals surface area contributed by atoms with E-state index >= 15 is 4.39 Å². The number of nitrogens with one attached hydrogen (secondary N) is 4. The number of ether oxygens (including phenoxy) is 1. The van der Waals surface area contributed by atoms with Crippen molar-refractivity contribution >= 4 is 69.6 Å². The van der Waals surface area contributed by atoms with Crippen molar-refractivity contribution in [1.29, 1.82) is 0 Å². The van der Waals surface area contributed by atoms with Crippen LogP contribution in [0.3, 0.4) is 0 Å². The first kappa shape index (κ1) is 45.1. The number of carbonyl (C=O) groups is 4. The topological polar surface area (TPSA) is 139 Å². The lowest BCUT2D eigenvalue weighted by atomic mass is 9.63. The molecular formula is C52H57Cl2FN8O5. The van der Waals surface area contributed by atoms with Crippen molar-refractivity contribution in [2.45, 2.75) is 94.5 Å². The van der Waals surface area contributed by atoms with E-state index in [0.717, 1.165) is 73.8 Å². The second kappa shape index (κ2) is 16.9. The minimum atomic E-state index is -0.827. The van der Waals surface area contributed by atoms with Crippen LogP contribution in [0, 0.1) is 17.2 Å². The molecule has 7 aliphatic heterocycles. The van der Waals surface area contributed by atoms with Crippen molar-refractivity contribution in [1.82, 2.24) is 20.4 Å². The summed E-state index contributed by atoms with van der Waals surface area (Å²) in [5, 5.41) is 13.5. The Balaban J connectivity index is 0.793. The quantitative estimate of drug-likeness (QED) is 0.128. The van der Waals surface area contributed by atoms with Gasteiger partial charge in [0.2, 0.25) is 17.7 Å². The second-order valence-electron chi connectivity index (χ2n) is 21.1. The monoisotopic (exact) mass is 962 g/mol. The van der Waals surface area contributed by atoms with E-state index < -0.39 is 35.1 Å². The number of halogens is 3. The summed E-state index contributed by atoms with van der Waals surface area (Å²) >= 11 is 13.0. The average Bonchev–Trinajstić information content (AvgIpc) is 4.10. The Morgan fingerprint density at radius 2 is 1.76 bits per heavy atom. The zero-order valence-corrected chi connectivity index (χ0v) is 40.2. The molecule has 0 saturated carbocycles. The van der Waals surface area contributed by atoms with E-state index in [1.165, 1.54) is 0 Å². The average molecular weight is 964 g/mol. The van der Waals surface area contributed by atoms with Gasteiger partial charge in [-0.1, -0.05) is 68.2 Å². The van der Waals surface area contributed by atoms with E-state index in [1.807, 2.05) is 42.5 Å². The van der Waals surface area contributed by atoms with Crippen LogP contribution in [0.25, 0.3) is 0 Å². The van der Waals surface area contributed by atoms with E-state index in [-0.39, 0.29) is 40.6 Å². The van der Waals surface area contributed by atoms with Gasteiger partial charge in [0, 0.05) is 121 Å². The molecule has 356 valence electrons. The van der Waals surface area contributed by atoms with Gasteiger partial charge in [0.1, 0.15) is 17.6 Å². The van der Waals surface area contributed by atoms with Crippen molar-refractivity contribution < 1.29 is 28.3 Å². The highest BCUT2D eigenvalue weighted by Crippen LogP contribution is 2.57. The largest absolute Gasteiger partial charge is 0.494 e. The molecule has 13 nitrogen and oxygen atoms in total. The molecule has 7 atom stereocenters. The van der Waals surface area contributed by atoms with Gasteiger partial charge in [-0.3, -0.25) is 29.4 Å². The van der Waals surface area contributed by atoms with Gasteiger partial charge in [-0.05, 0) is 84.2 Å². The summed E-state index contributed by atoms with van der Waals surface area (Å²) < 4.78 is 22.4. The number of carbonyl (C=O) groups excluding carboxylic acids is 4. The predicted molar refractivity (Wildman–Crippen MR) is 261 cm³/mol. The second-order valence-corrected chi connectivity index (χ2v) is 21.9. The van der Waals surface area contributed by atoms with Gasteiger partial charge in [0.15, 0.2) is 0 Å². The number of benzene rings is 4. The Hall–Kier alpha value is -5.41. The number of piperidine rings is 1. The van der Waals surface area contributed by atoms with Crippen LogP contribution < -0.4 is 35.8 Å². The fourth-order valence-electron chi connectivity index (χ4n) is 12.8. The summed E-state index contributed by atoms with van der Waals surface area (Å²) in [7, 11) is 1.62. The van der Waals surface area contributed by atoms with Gasteiger partial charge in [-0.15, -0.1) is 0 Å². The third-order valence-corrected chi connectivity index (χ3v) is 16.5. The van der Waals surface area contributed by atoms with E-state index in [1.54, 1.807) is 30.2 Å². The Labute approximate surface area is 406 Å². The number of amides is 4. The smallest absolute Gasteiger partial charge is 0.255 e. The predicted octanol–water partition coefficient (Wildman–Crippen LogP) is 7.16. The highest BCUT2D eigenvalue weighted by atomic mass is 35.5. The Bertz CT molecular complexity index is 2750. The van der Waals surface area contributed by atoms with Crippen LogP contribution in [0.15, 0.2) is 72.8 Å². The molecule has 4 amide bonds. The summed E-state index contributed by atoms with van der Waals surface area (Å²) in [4.78, 5) is 61.9.